The molecule has 1 amide bonds. The Bertz CT molecular complexity index is 256. The van der Waals surface area contributed by atoms with Crippen molar-refractivity contribution in [3.05, 3.63) is 0 Å². The zero-order chi connectivity index (χ0) is 13.1. The lowest BCUT2D eigenvalue weighted by atomic mass is 9.87. The zero-order valence-electron chi connectivity index (χ0n) is 11.5. The highest BCUT2D eigenvalue weighted by atomic mass is 16.3. The van der Waals surface area contributed by atoms with Crippen LogP contribution in [0.3, 0.4) is 0 Å². The zero-order valence-corrected chi connectivity index (χ0v) is 11.5. The second-order valence-corrected chi connectivity index (χ2v) is 5.75. The van der Waals surface area contributed by atoms with Crippen LogP contribution in [0.25, 0.3) is 0 Å². The van der Waals surface area contributed by atoms with E-state index in [9.17, 15) is 9.90 Å². The van der Waals surface area contributed by atoms with Gasteiger partial charge in [0.25, 0.3) is 0 Å². The van der Waals surface area contributed by atoms with Gasteiger partial charge in [0.15, 0.2) is 0 Å². The van der Waals surface area contributed by atoms with Gasteiger partial charge in [0.2, 0.25) is 5.91 Å². The lowest BCUT2D eigenvalue weighted by Crippen LogP contribution is -2.49. The van der Waals surface area contributed by atoms with Crippen molar-refractivity contribution < 1.29 is 9.90 Å². The molecular formula is C13H26N2O2. The molecule has 0 aromatic heterocycles. The molecule has 0 atom stereocenters. The summed E-state index contributed by atoms with van der Waals surface area (Å²) in [5, 5.41) is 13.2. The summed E-state index contributed by atoms with van der Waals surface area (Å²) < 4.78 is 0. The van der Waals surface area contributed by atoms with E-state index in [1.54, 1.807) is 0 Å². The molecule has 1 aliphatic rings. The SMILES string of the molecule is CC(C)NC(=O)CC1(O)CCN(C(C)C)CC1. The number of carbonyl (C=O) groups excluding carboxylic acids is 1. The first-order valence-electron chi connectivity index (χ1n) is 6.58. The second-order valence-electron chi connectivity index (χ2n) is 5.75. The number of hydrogen-bond donors (Lipinski definition) is 2. The number of rotatable bonds is 4. The quantitative estimate of drug-likeness (QED) is 0.777. The molecule has 4 heteroatoms. The van der Waals surface area contributed by atoms with Crippen LogP contribution in [0.4, 0.5) is 0 Å². The molecule has 0 aromatic carbocycles. The molecule has 0 bridgehead atoms. The van der Waals surface area contributed by atoms with Crippen LogP contribution in [0.2, 0.25) is 0 Å². The van der Waals surface area contributed by atoms with Gasteiger partial charge in [-0.05, 0) is 40.5 Å². The fourth-order valence-electron chi connectivity index (χ4n) is 2.31. The maximum Gasteiger partial charge on any atom is 0.223 e. The highest BCUT2D eigenvalue weighted by molar-refractivity contribution is 5.77. The van der Waals surface area contributed by atoms with E-state index in [0.29, 0.717) is 18.9 Å². The van der Waals surface area contributed by atoms with Crippen molar-refractivity contribution in [2.24, 2.45) is 0 Å². The van der Waals surface area contributed by atoms with Crippen molar-refractivity contribution in [3.8, 4) is 0 Å². The number of nitrogens with one attached hydrogen (secondary N) is 1. The molecule has 2 N–H and O–H groups in total. The van der Waals surface area contributed by atoms with Crippen molar-refractivity contribution in [2.75, 3.05) is 13.1 Å². The molecule has 4 nitrogen and oxygen atoms in total. The van der Waals surface area contributed by atoms with Gasteiger partial charge in [-0.3, -0.25) is 4.79 Å². The fraction of sp³-hybridized carbons (Fsp3) is 0.923. The molecule has 0 unspecified atom stereocenters. The molecule has 1 saturated heterocycles. The number of hydrogen-bond acceptors (Lipinski definition) is 3. The van der Waals surface area contributed by atoms with Gasteiger partial charge < -0.3 is 15.3 Å². The third-order valence-electron chi connectivity index (χ3n) is 3.40. The van der Waals surface area contributed by atoms with Gasteiger partial charge in [0.05, 0.1) is 12.0 Å². The number of nitrogens with zero attached hydrogens (tertiary/aromatic N) is 1. The van der Waals surface area contributed by atoms with Gasteiger partial charge in [-0.1, -0.05) is 0 Å². The van der Waals surface area contributed by atoms with E-state index in [-0.39, 0.29) is 18.4 Å². The van der Waals surface area contributed by atoms with E-state index in [4.69, 9.17) is 0 Å². The molecule has 100 valence electrons. The number of carbonyl (C=O) groups is 1. The first-order chi connectivity index (χ1) is 7.82. The topological polar surface area (TPSA) is 52.6 Å². The van der Waals surface area contributed by atoms with Gasteiger partial charge in [-0.15, -0.1) is 0 Å². The van der Waals surface area contributed by atoms with Gasteiger partial charge in [-0.25, -0.2) is 0 Å². The van der Waals surface area contributed by atoms with Crippen molar-refractivity contribution >= 4 is 5.91 Å². The maximum atomic E-state index is 11.7. The summed E-state index contributed by atoms with van der Waals surface area (Å²) in [5.74, 6) is -0.0412. The average Bonchev–Trinajstić information content (AvgIpc) is 2.15. The Hall–Kier alpha value is -0.610. The van der Waals surface area contributed by atoms with Crippen molar-refractivity contribution in [1.82, 2.24) is 10.2 Å². The third-order valence-corrected chi connectivity index (χ3v) is 3.40. The molecule has 0 aliphatic carbocycles. The van der Waals surface area contributed by atoms with Crippen LogP contribution in [-0.4, -0.2) is 46.7 Å². The Morgan fingerprint density at radius 2 is 1.82 bits per heavy atom. The number of aliphatic hydroxyl groups is 1. The molecule has 0 saturated carbocycles. The number of likely N-dealkylation sites (tertiary alicyclic amines) is 1. The Labute approximate surface area is 104 Å². The number of piperidine rings is 1. The van der Waals surface area contributed by atoms with E-state index in [0.717, 1.165) is 13.1 Å². The minimum absolute atomic E-state index is 0.0412. The van der Waals surface area contributed by atoms with Gasteiger partial charge in [-0.2, -0.15) is 0 Å². The summed E-state index contributed by atoms with van der Waals surface area (Å²) in [6, 6.07) is 0.658. The van der Waals surface area contributed by atoms with Crippen LogP contribution in [0, 0.1) is 0 Å². The third kappa shape index (κ3) is 4.64. The highest BCUT2D eigenvalue weighted by Gasteiger charge is 2.34. The summed E-state index contributed by atoms with van der Waals surface area (Å²) in [6.45, 7) is 9.95. The largest absolute Gasteiger partial charge is 0.389 e. The standard InChI is InChI=1S/C13H26N2O2/c1-10(2)14-12(16)9-13(17)5-7-15(8-6-13)11(3)4/h10-11,17H,5-9H2,1-4H3,(H,14,16). The summed E-state index contributed by atoms with van der Waals surface area (Å²) in [5.41, 5.74) is -0.801. The van der Waals surface area contributed by atoms with Crippen LogP contribution < -0.4 is 5.32 Å². The maximum absolute atomic E-state index is 11.7. The molecule has 0 aromatic rings. The Morgan fingerprint density at radius 1 is 1.29 bits per heavy atom. The van der Waals surface area contributed by atoms with Crippen molar-refractivity contribution in [2.45, 2.75) is 64.6 Å². The lowest BCUT2D eigenvalue weighted by Gasteiger charge is -2.39. The lowest BCUT2D eigenvalue weighted by molar-refractivity contribution is -0.129. The molecule has 1 rings (SSSR count). The van der Waals surface area contributed by atoms with Gasteiger partial charge >= 0.3 is 0 Å². The van der Waals surface area contributed by atoms with Gasteiger partial charge in [0, 0.05) is 25.2 Å². The normalized spacial score (nSPS) is 20.9. The first-order valence-corrected chi connectivity index (χ1v) is 6.58. The Kier molecular flexibility index (Phi) is 4.95. The summed E-state index contributed by atoms with van der Waals surface area (Å²) in [4.78, 5) is 14.0. The van der Waals surface area contributed by atoms with E-state index in [1.807, 2.05) is 13.8 Å². The molecule has 17 heavy (non-hydrogen) atoms. The van der Waals surface area contributed by atoms with Crippen molar-refractivity contribution in [1.29, 1.82) is 0 Å². The van der Waals surface area contributed by atoms with Crippen LogP contribution in [0.15, 0.2) is 0 Å². The Morgan fingerprint density at radius 3 is 2.24 bits per heavy atom. The van der Waals surface area contributed by atoms with E-state index in [2.05, 4.69) is 24.1 Å². The second kappa shape index (κ2) is 5.83. The van der Waals surface area contributed by atoms with Crippen LogP contribution in [0.5, 0.6) is 0 Å². The predicted molar refractivity (Wildman–Crippen MR) is 68.8 cm³/mol. The van der Waals surface area contributed by atoms with Crippen LogP contribution in [0.1, 0.15) is 47.0 Å². The highest BCUT2D eigenvalue weighted by Crippen LogP contribution is 2.26. The fourth-order valence-corrected chi connectivity index (χ4v) is 2.31. The van der Waals surface area contributed by atoms with Crippen LogP contribution in [-0.2, 0) is 4.79 Å². The van der Waals surface area contributed by atoms with E-state index >= 15 is 0 Å². The predicted octanol–water partition coefficient (Wildman–Crippen LogP) is 1.14. The smallest absolute Gasteiger partial charge is 0.223 e. The average molecular weight is 242 g/mol. The van der Waals surface area contributed by atoms with Gasteiger partial charge in [0.1, 0.15) is 0 Å². The van der Waals surface area contributed by atoms with Crippen LogP contribution >= 0.6 is 0 Å². The minimum atomic E-state index is -0.801. The number of amides is 1. The first kappa shape index (κ1) is 14.5. The van der Waals surface area contributed by atoms with E-state index in [1.165, 1.54) is 0 Å². The summed E-state index contributed by atoms with van der Waals surface area (Å²) in [7, 11) is 0. The molecule has 1 aliphatic heterocycles. The van der Waals surface area contributed by atoms with Crippen molar-refractivity contribution in [3.63, 3.8) is 0 Å². The summed E-state index contributed by atoms with van der Waals surface area (Å²) in [6.07, 6.45) is 1.62. The molecule has 1 heterocycles. The monoisotopic (exact) mass is 242 g/mol. The molecule has 0 spiro atoms. The van der Waals surface area contributed by atoms with E-state index < -0.39 is 5.60 Å². The minimum Gasteiger partial charge on any atom is -0.389 e. The Balaban J connectivity index is 2.41. The molecule has 1 fully saturated rings. The molecule has 0 radical (unpaired) electrons. The summed E-state index contributed by atoms with van der Waals surface area (Å²) >= 11 is 0. The molecular weight excluding hydrogens is 216 g/mol.